The third kappa shape index (κ3) is 1.89. The van der Waals surface area contributed by atoms with Gasteiger partial charge in [-0.3, -0.25) is 14.2 Å². The summed E-state index contributed by atoms with van der Waals surface area (Å²) in [5, 5.41) is 24.8. The van der Waals surface area contributed by atoms with Gasteiger partial charge in [-0.2, -0.15) is 0 Å². The molecule has 1 aliphatic heterocycles. The number of ketones is 2. The minimum absolute atomic E-state index is 0.0545. The van der Waals surface area contributed by atoms with Crippen LogP contribution in [0, 0.1) is 5.41 Å². The third-order valence-corrected chi connectivity index (χ3v) is 7.82. The minimum Gasteiger partial charge on any atom is -0.385 e. The van der Waals surface area contributed by atoms with Gasteiger partial charge in [-0.05, 0) is 47.9 Å². The highest BCUT2D eigenvalue weighted by Gasteiger charge is 2.59. The van der Waals surface area contributed by atoms with E-state index in [1.165, 1.54) is 16.8 Å². The number of hydrogen-bond acceptors (Lipinski definition) is 7. The van der Waals surface area contributed by atoms with E-state index in [0.717, 1.165) is 17.5 Å². The number of fused-ring (bicyclic) bond motifs is 10. The Labute approximate surface area is 171 Å². The molecule has 0 amide bonds. The van der Waals surface area contributed by atoms with Crippen LogP contribution in [0.3, 0.4) is 0 Å². The van der Waals surface area contributed by atoms with Crippen molar-refractivity contribution in [1.29, 1.82) is 0 Å². The molecule has 8 nitrogen and oxygen atoms in total. The molecule has 1 aromatic carbocycles. The molecule has 0 radical (unpaired) electrons. The van der Waals surface area contributed by atoms with Crippen LogP contribution in [0.5, 0.6) is 0 Å². The smallest absolute Gasteiger partial charge is 0.349 e. The number of carbonyl (C=O) groups excluding carboxylic acids is 2. The topological polar surface area (TPSA) is 122 Å². The van der Waals surface area contributed by atoms with Gasteiger partial charge >= 0.3 is 5.69 Å². The van der Waals surface area contributed by atoms with E-state index in [1.54, 1.807) is 6.07 Å². The van der Waals surface area contributed by atoms with Crippen molar-refractivity contribution < 1.29 is 19.8 Å². The lowest BCUT2D eigenvalue weighted by atomic mass is 9.63. The number of nitrogens with zero attached hydrogens (tertiary/aromatic N) is 2. The summed E-state index contributed by atoms with van der Waals surface area (Å²) in [6.45, 7) is 2.02. The Bertz CT molecular complexity index is 1220. The molecule has 5 atom stereocenters. The molecule has 0 saturated heterocycles. The fourth-order valence-electron chi connectivity index (χ4n) is 6.20. The van der Waals surface area contributed by atoms with Crippen molar-refractivity contribution in [2.24, 2.45) is 5.41 Å². The first-order chi connectivity index (χ1) is 14.3. The van der Waals surface area contributed by atoms with Gasteiger partial charge in [-0.1, -0.05) is 19.1 Å². The lowest BCUT2D eigenvalue weighted by Crippen LogP contribution is -2.66. The zero-order valence-electron chi connectivity index (χ0n) is 16.4. The van der Waals surface area contributed by atoms with Crippen molar-refractivity contribution in [2.75, 3.05) is 5.32 Å². The maximum absolute atomic E-state index is 13.3. The Kier molecular flexibility index (Phi) is 3.26. The summed E-state index contributed by atoms with van der Waals surface area (Å²) in [5.41, 5.74) is -0.401. The highest BCUT2D eigenvalue weighted by Crippen LogP contribution is 2.56. The fourth-order valence-corrected chi connectivity index (χ4v) is 6.20. The van der Waals surface area contributed by atoms with Crippen LogP contribution >= 0.6 is 0 Å². The molecule has 0 spiro atoms. The Balaban J connectivity index is 1.66. The van der Waals surface area contributed by atoms with E-state index >= 15 is 0 Å². The van der Waals surface area contributed by atoms with Crippen LogP contribution in [0.4, 0.5) is 5.82 Å². The van der Waals surface area contributed by atoms with E-state index in [9.17, 15) is 24.6 Å². The van der Waals surface area contributed by atoms with Gasteiger partial charge in [-0.25, -0.2) is 9.78 Å². The second kappa shape index (κ2) is 5.44. The summed E-state index contributed by atoms with van der Waals surface area (Å²) < 4.78 is 1.32. The van der Waals surface area contributed by atoms with Crippen LogP contribution in [0.25, 0.3) is 0 Å². The van der Waals surface area contributed by atoms with Gasteiger partial charge in [-0.15, -0.1) is 0 Å². The van der Waals surface area contributed by atoms with Gasteiger partial charge in [0.2, 0.25) is 11.5 Å². The van der Waals surface area contributed by atoms with Crippen LogP contribution in [-0.4, -0.2) is 43.2 Å². The number of benzene rings is 1. The van der Waals surface area contributed by atoms with Crippen LogP contribution in [-0.2, 0) is 11.2 Å². The van der Waals surface area contributed by atoms with E-state index in [4.69, 9.17) is 0 Å². The van der Waals surface area contributed by atoms with E-state index in [-0.39, 0.29) is 17.5 Å². The zero-order chi connectivity index (χ0) is 21.0. The first-order valence-electron chi connectivity index (χ1n) is 10.3. The maximum atomic E-state index is 13.3. The molecule has 2 heterocycles. The molecule has 1 saturated carbocycles. The summed E-state index contributed by atoms with van der Waals surface area (Å²) >= 11 is 0. The SMILES string of the molecule is C[C@]12CCc3c(ccc4c3C3C(O)C(O)(Nc5ccnc(=O)n53)C4=O)C1CCC2=O. The summed E-state index contributed by atoms with van der Waals surface area (Å²) in [4.78, 5) is 42.3. The van der Waals surface area contributed by atoms with Crippen molar-refractivity contribution in [3.63, 3.8) is 0 Å². The van der Waals surface area contributed by atoms with Gasteiger partial charge in [0, 0.05) is 23.6 Å². The van der Waals surface area contributed by atoms with Crippen molar-refractivity contribution in [2.45, 2.75) is 56.4 Å². The predicted molar refractivity (Wildman–Crippen MR) is 105 cm³/mol. The molecular weight excluding hydrogens is 386 g/mol. The summed E-state index contributed by atoms with van der Waals surface area (Å²) in [5.74, 6) is -0.0515. The first-order valence-corrected chi connectivity index (χ1v) is 10.3. The zero-order valence-corrected chi connectivity index (χ0v) is 16.4. The lowest BCUT2D eigenvalue weighted by molar-refractivity contribution is -0.126. The highest BCUT2D eigenvalue weighted by molar-refractivity contribution is 6.07. The predicted octanol–water partition coefficient (Wildman–Crippen LogP) is 0.903. The van der Waals surface area contributed by atoms with Gasteiger partial charge in [0.1, 0.15) is 17.7 Å². The quantitative estimate of drug-likeness (QED) is 0.593. The Morgan fingerprint density at radius 1 is 1.20 bits per heavy atom. The number of anilines is 1. The maximum Gasteiger partial charge on any atom is 0.349 e. The number of nitrogens with one attached hydrogen (secondary N) is 1. The summed E-state index contributed by atoms with van der Waals surface area (Å²) in [6.07, 6.45) is 2.29. The number of hydrogen-bond donors (Lipinski definition) is 3. The van der Waals surface area contributed by atoms with Crippen LogP contribution in [0.15, 0.2) is 29.2 Å². The molecule has 2 aromatic rings. The van der Waals surface area contributed by atoms with Crippen molar-refractivity contribution in [3.8, 4) is 0 Å². The Morgan fingerprint density at radius 3 is 2.80 bits per heavy atom. The molecule has 4 aliphatic rings. The number of carbonyl (C=O) groups is 2. The lowest BCUT2D eigenvalue weighted by Gasteiger charge is -2.49. The highest BCUT2D eigenvalue weighted by atomic mass is 16.4. The van der Waals surface area contributed by atoms with Crippen molar-refractivity contribution in [3.05, 3.63) is 57.1 Å². The standard InChI is InChI=1S/C22H21N3O5/c1-21-8-6-11-10(13(21)4-5-14(21)26)2-3-12-16(11)17-19(28)22(30,18(12)27)24-15-7-9-23-20(29)25(15)17/h2-3,7,9,13,17,19,24,28,30H,4-6,8H2,1H3/t13?,17?,19?,21-,22?/m0/s1. The second-order valence-corrected chi connectivity index (χ2v) is 9.12. The fraction of sp³-hybridized carbons (Fsp3) is 0.455. The molecule has 1 fully saturated rings. The first kappa shape index (κ1) is 18.0. The monoisotopic (exact) mass is 407 g/mol. The van der Waals surface area contributed by atoms with E-state index in [0.29, 0.717) is 30.4 Å². The molecule has 30 heavy (non-hydrogen) atoms. The average Bonchev–Trinajstić information content (AvgIpc) is 3.02. The molecule has 4 unspecified atom stereocenters. The Morgan fingerprint density at radius 2 is 2.00 bits per heavy atom. The number of aliphatic hydroxyl groups excluding tert-OH is 1. The number of aliphatic hydroxyl groups is 2. The normalized spacial score (nSPS) is 35.8. The molecule has 6 rings (SSSR count). The third-order valence-electron chi connectivity index (χ3n) is 7.82. The van der Waals surface area contributed by atoms with Crippen LogP contribution in [0.2, 0.25) is 0 Å². The molecule has 3 N–H and O–H groups in total. The molecule has 2 bridgehead atoms. The van der Waals surface area contributed by atoms with E-state index in [2.05, 4.69) is 10.3 Å². The van der Waals surface area contributed by atoms with E-state index < -0.39 is 34.8 Å². The number of Topliss-reactive ketones (excluding diaryl/α,β-unsaturated/α-hetero) is 2. The molecule has 1 aromatic heterocycles. The van der Waals surface area contributed by atoms with Crippen molar-refractivity contribution >= 4 is 17.4 Å². The Hall–Kier alpha value is -2.84. The van der Waals surface area contributed by atoms with Gasteiger partial charge < -0.3 is 15.5 Å². The van der Waals surface area contributed by atoms with Crippen LogP contribution in [0.1, 0.15) is 65.2 Å². The second-order valence-electron chi connectivity index (χ2n) is 9.12. The van der Waals surface area contributed by atoms with E-state index in [1.807, 2.05) is 13.0 Å². The number of rotatable bonds is 0. The minimum atomic E-state index is -2.22. The van der Waals surface area contributed by atoms with Crippen LogP contribution < -0.4 is 11.0 Å². The average molecular weight is 407 g/mol. The molecule has 3 aliphatic carbocycles. The molecular formula is C22H21N3O5. The largest absolute Gasteiger partial charge is 0.385 e. The van der Waals surface area contributed by atoms with Gasteiger partial charge in [0.15, 0.2) is 0 Å². The van der Waals surface area contributed by atoms with Gasteiger partial charge in [0.05, 0.1) is 6.04 Å². The molecule has 154 valence electrons. The van der Waals surface area contributed by atoms with Crippen molar-refractivity contribution in [1.82, 2.24) is 9.55 Å². The number of aromatic nitrogens is 2. The van der Waals surface area contributed by atoms with Gasteiger partial charge in [0.25, 0.3) is 0 Å². The summed E-state index contributed by atoms with van der Waals surface area (Å²) in [6, 6.07) is 4.13. The molecule has 8 heteroatoms. The summed E-state index contributed by atoms with van der Waals surface area (Å²) in [7, 11) is 0.